The topological polar surface area (TPSA) is 49.9 Å². The summed E-state index contributed by atoms with van der Waals surface area (Å²) in [5.74, 6) is 1.74. The van der Waals surface area contributed by atoms with Crippen LogP contribution in [-0.4, -0.2) is 58.0 Å². The Morgan fingerprint density at radius 3 is 2.34 bits per heavy atom. The Morgan fingerprint density at radius 2 is 1.66 bits per heavy atom. The molecule has 0 N–H and O–H groups in total. The highest BCUT2D eigenvalue weighted by molar-refractivity contribution is 7.89. The number of fused-ring (bicyclic) bond motifs is 1. The zero-order valence-electron chi connectivity index (χ0n) is 19.3. The lowest BCUT2D eigenvalue weighted by molar-refractivity contribution is -0.0411. The Bertz CT molecular complexity index is 967. The molecule has 32 heavy (non-hydrogen) atoms. The Morgan fingerprint density at radius 1 is 1.00 bits per heavy atom. The van der Waals surface area contributed by atoms with Crippen molar-refractivity contribution >= 4 is 10.0 Å². The zero-order chi connectivity index (χ0) is 22.6. The molecule has 2 aromatic rings. The molecule has 0 aromatic heterocycles. The molecule has 1 saturated carbocycles. The van der Waals surface area contributed by atoms with Gasteiger partial charge in [-0.25, -0.2) is 8.42 Å². The Hall–Kier alpha value is -1.73. The van der Waals surface area contributed by atoms with Crippen LogP contribution in [0.2, 0.25) is 0 Å². The predicted octanol–water partition coefficient (Wildman–Crippen LogP) is 4.36. The van der Waals surface area contributed by atoms with Gasteiger partial charge in [0.1, 0.15) is 5.60 Å². The molecule has 5 nitrogen and oxygen atoms in total. The van der Waals surface area contributed by atoms with E-state index in [1.54, 1.807) is 38.4 Å². The molecule has 1 saturated heterocycles. The first-order valence-corrected chi connectivity index (χ1v) is 13.2. The number of sulfonamides is 1. The van der Waals surface area contributed by atoms with E-state index in [-0.39, 0.29) is 6.54 Å². The number of likely N-dealkylation sites (N-methyl/N-ethyl adjacent to an activating group) is 1. The van der Waals surface area contributed by atoms with E-state index in [0.29, 0.717) is 4.90 Å². The minimum atomic E-state index is -3.61. The molecule has 1 aliphatic heterocycles. The standard InChI is InChI=1S/C26H36N2O3S/c1-27(32(29,30)25-14-7-4-8-15-25)21-26(31-2,24-12-5-3-6-13-24)17-19-28-18-16-22-10-9-11-23(22)20-28/h3-8,12-15,22-23H,9-11,16-21H2,1-2H3/t22?,23?,26-/m1/s1. The van der Waals surface area contributed by atoms with Gasteiger partial charge >= 0.3 is 0 Å². The van der Waals surface area contributed by atoms with E-state index >= 15 is 0 Å². The Balaban J connectivity index is 1.54. The average molecular weight is 457 g/mol. The fourth-order valence-electron chi connectivity index (χ4n) is 5.61. The summed E-state index contributed by atoms with van der Waals surface area (Å²) in [6.07, 6.45) is 6.16. The van der Waals surface area contributed by atoms with Gasteiger partial charge in [-0.15, -0.1) is 0 Å². The first-order valence-electron chi connectivity index (χ1n) is 11.8. The van der Waals surface area contributed by atoms with E-state index in [1.807, 2.05) is 24.3 Å². The lowest BCUT2D eigenvalue weighted by Gasteiger charge is -2.40. The number of rotatable bonds is 9. The van der Waals surface area contributed by atoms with Crippen molar-refractivity contribution in [2.24, 2.45) is 11.8 Å². The number of hydrogen-bond acceptors (Lipinski definition) is 4. The number of benzene rings is 2. The van der Waals surface area contributed by atoms with Crippen LogP contribution in [0, 0.1) is 11.8 Å². The predicted molar refractivity (Wildman–Crippen MR) is 128 cm³/mol. The molecule has 0 radical (unpaired) electrons. The maximum Gasteiger partial charge on any atom is 0.242 e. The van der Waals surface area contributed by atoms with Gasteiger partial charge in [-0.2, -0.15) is 4.31 Å². The summed E-state index contributed by atoms with van der Waals surface area (Å²) in [4.78, 5) is 2.87. The molecule has 0 amide bonds. The molecule has 6 heteroatoms. The van der Waals surface area contributed by atoms with Crippen LogP contribution in [0.4, 0.5) is 0 Å². The van der Waals surface area contributed by atoms with Gasteiger partial charge in [-0.3, -0.25) is 0 Å². The van der Waals surface area contributed by atoms with E-state index < -0.39 is 15.6 Å². The normalized spacial score (nSPS) is 23.7. The highest BCUT2D eigenvalue weighted by Crippen LogP contribution is 2.39. The van der Waals surface area contributed by atoms with Crippen molar-refractivity contribution < 1.29 is 13.2 Å². The van der Waals surface area contributed by atoms with Crippen molar-refractivity contribution in [2.45, 2.75) is 42.6 Å². The van der Waals surface area contributed by atoms with Crippen molar-refractivity contribution in [3.05, 3.63) is 66.2 Å². The van der Waals surface area contributed by atoms with Gasteiger partial charge in [0.05, 0.1) is 4.90 Å². The molecule has 2 aromatic carbocycles. The Kier molecular flexibility index (Phi) is 7.35. The van der Waals surface area contributed by atoms with E-state index in [9.17, 15) is 8.42 Å². The average Bonchev–Trinajstić information content (AvgIpc) is 3.31. The minimum absolute atomic E-state index is 0.268. The Labute approximate surface area is 193 Å². The summed E-state index contributed by atoms with van der Waals surface area (Å²) in [5, 5.41) is 0. The third-order valence-corrected chi connectivity index (χ3v) is 9.39. The molecule has 174 valence electrons. The monoisotopic (exact) mass is 456 g/mol. The summed E-state index contributed by atoms with van der Waals surface area (Å²) in [6, 6.07) is 18.7. The molecule has 3 atom stereocenters. The number of nitrogens with zero attached hydrogens (tertiary/aromatic N) is 2. The summed E-state index contributed by atoms with van der Waals surface area (Å²) in [5.41, 5.74) is 0.318. The molecule has 2 unspecified atom stereocenters. The lowest BCUT2D eigenvalue weighted by atomic mass is 9.86. The van der Waals surface area contributed by atoms with E-state index in [4.69, 9.17) is 4.74 Å². The number of hydrogen-bond donors (Lipinski definition) is 0. The summed E-state index contributed by atoms with van der Waals surface area (Å²) < 4.78 is 34.1. The van der Waals surface area contributed by atoms with Gasteiger partial charge in [0, 0.05) is 33.8 Å². The molecule has 0 bridgehead atoms. The molecule has 4 rings (SSSR count). The van der Waals surface area contributed by atoms with Gasteiger partial charge in [0.25, 0.3) is 0 Å². The van der Waals surface area contributed by atoms with Gasteiger partial charge < -0.3 is 9.64 Å². The fraction of sp³-hybridized carbons (Fsp3) is 0.538. The van der Waals surface area contributed by atoms with Gasteiger partial charge in [-0.05, 0) is 55.3 Å². The maximum absolute atomic E-state index is 13.2. The molecular formula is C26H36N2O3S. The van der Waals surface area contributed by atoms with Gasteiger partial charge in [-0.1, -0.05) is 61.4 Å². The fourth-order valence-corrected chi connectivity index (χ4v) is 6.84. The van der Waals surface area contributed by atoms with Gasteiger partial charge in [0.2, 0.25) is 10.0 Å². The summed E-state index contributed by atoms with van der Waals surface area (Å²) >= 11 is 0. The maximum atomic E-state index is 13.2. The third kappa shape index (κ3) is 4.93. The first-order chi connectivity index (χ1) is 15.4. The second-order valence-corrected chi connectivity index (χ2v) is 11.5. The van der Waals surface area contributed by atoms with Crippen LogP contribution in [0.1, 0.15) is 37.7 Å². The number of methoxy groups -OCH3 is 1. The van der Waals surface area contributed by atoms with Crippen LogP contribution in [0.15, 0.2) is 65.6 Å². The SMILES string of the molecule is CO[C@](CCN1CCC2CCCC2C1)(CN(C)S(=O)(=O)c1ccccc1)c1ccccc1. The molecule has 2 aliphatic rings. The summed E-state index contributed by atoms with van der Waals surface area (Å²) in [7, 11) is -0.242. The van der Waals surface area contributed by atoms with E-state index in [1.165, 1.54) is 30.0 Å². The highest BCUT2D eigenvalue weighted by Gasteiger charge is 2.39. The number of piperidine rings is 1. The van der Waals surface area contributed by atoms with Crippen LogP contribution >= 0.6 is 0 Å². The van der Waals surface area contributed by atoms with Crippen LogP contribution in [-0.2, 0) is 20.4 Å². The lowest BCUT2D eigenvalue weighted by Crippen LogP contribution is -2.46. The van der Waals surface area contributed by atoms with E-state index in [0.717, 1.165) is 43.5 Å². The van der Waals surface area contributed by atoms with Gasteiger partial charge in [0.15, 0.2) is 0 Å². The highest BCUT2D eigenvalue weighted by atomic mass is 32.2. The quantitative estimate of drug-likeness (QED) is 0.563. The largest absolute Gasteiger partial charge is 0.372 e. The second-order valence-electron chi connectivity index (χ2n) is 9.43. The van der Waals surface area contributed by atoms with E-state index in [2.05, 4.69) is 17.0 Å². The third-order valence-electron chi connectivity index (χ3n) is 7.58. The smallest absolute Gasteiger partial charge is 0.242 e. The first kappa shape index (κ1) is 23.4. The second kappa shape index (κ2) is 10.0. The van der Waals surface area contributed by atoms with Crippen molar-refractivity contribution in [1.82, 2.24) is 9.21 Å². The van der Waals surface area contributed by atoms with Crippen LogP contribution in [0.25, 0.3) is 0 Å². The van der Waals surface area contributed by atoms with Crippen LogP contribution < -0.4 is 0 Å². The molecule has 1 heterocycles. The van der Waals surface area contributed by atoms with Crippen molar-refractivity contribution in [3.8, 4) is 0 Å². The van der Waals surface area contributed by atoms with Crippen LogP contribution in [0.5, 0.6) is 0 Å². The number of ether oxygens (including phenoxy) is 1. The van der Waals surface area contributed by atoms with Crippen molar-refractivity contribution in [3.63, 3.8) is 0 Å². The molecule has 1 aliphatic carbocycles. The molecular weight excluding hydrogens is 420 g/mol. The van der Waals surface area contributed by atoms with Crippen LogP contribution in [0.3, 0.4) is 0 Å². The van der Waals surface area contributed by atoms with Crippen molar-refractivity contribution in [1.29, 1.82) is 0 Å². The minimum Gasteiger partial charge on any atom is -0.372 e. The zero-order valence-corrected chi connectivity index (χ0v) is 20.1. The summed E-state index contributed by atoms with van der Waals surface area (Å²) in [6.45, 7) is 3.47. The molecule has 0 spiro atoms. The van der Waals surface area contributed by atoms with Crippen molar-refractivity contribution in [2.75, 3.05) is 40.3 Å². The number of likely N-dealkylation sites (tertiary alicyclic amines) is 1. The molecule has 2 fully saturated rings.